The largest absolute Gasteiger partial charge is 0.422 e. The van der Waals surface area contributed by atoms with Gasteiger partial charge >= 0.3 is 6.18 Å². The normalized spacial score (nSPS) is 35.0. The van der Waals surface area contributed by atoms with Crippen molar-refractivity contribution in [3.8, 4) is 0 Å². The van der Waals surface area contributed by atoms with Crippen molar-refractivity contribution >= 4 is 0 Å². The van der Waals surface area contributed by atoms with Crippen molar-refractivity contribution in [1.82, 2.24) is 0 Å². The van der Waals surface area contributed by atoms with Crippen LogP contribution >= 0.6 is 0 Å². The Hall–Kier alpha value is -1.39. The molecule has 4 rings (SSSR count). The van der Waals surface area contributed by atoms with Crippen molar-refractivity contribution in [3.63, 3.8) is 0 Å². The molecule has 0 aromatic heterocycles. The van der Waals surface area contributed by atoms with Gasteiger partial charge in [0.1, 0.15) is 17.2 Å². The van der Waals surface area contributed by atoms with Crippen LogP contribution in [0.2, 0.25) is 0 Å². The number of hydrogen-bond acceptors (Lipinski definition) is 0. The van der Waals surface area contributed by atoms with E-state index in [1.807, 2.05) is 0 Å². The van der Waals surface area contributed by atoms with E-state index in [1.54, 1.807) is 0 Å². The van der Waals surface area contributed by atoms with E-state index >= 15 is 0 Å². The Labute approximate surface area is 175 Å². The third kappa shape index (κ3) is 4.45. The summed E-state index contributed by atoms with van der Waals surface area (Å²) in [5.74, 6) is 0.443. The van der Waals surface area contributed by atoms with Crippen LogP contribution in [0, 0.1) is 41.2 Å². The molecule has 0 aliphatic heterocycles. The zero-order valence-electron chi connectivity index (χ0n) is 17.4. The molecule has 166 valence electrons. The molecule has 0 N–H and O–H groups in total. The van der Waals surface area contributed by atoms with E-state index in [-0.39, 0.29) is 5.92 Å². The third-order valence-corrected chi connectivity index (χ3v) is 8.29. The van der Waals surface area contributed by atoms with Crippen molar-refractivity contribution in [2.24, 2.45) is 29.6 Å². The number of hydrogen-bond donors (Lipinski definition) is 0. The molecule has 0 heterocycles. The van der Waals surface area contributed by atoms with Gasteiger partial charge in [0.05, 0.1) is 0 Å². The smallest absolute Gasteiger partial charge is 0.206 e. The van der Waals surface area contributed by atoms with Crippen LogP contribution in [-0.2, 0) is 6.18 Å². The maximum atomic E-state index is 14.0. The zero-order chi connectivity index (χ0) is 21.5. The molecule has 1 aromatic carbocycles. The van der Waals surface area contributed by atoms with Crippen LogP contribution in [0.15, 0.2) is 24.8 Å². The second-order valence-corrected chi connectivity index (χ2v) is 9.87. The summed E-state index contributed by atoms with van der Waals surface area (Å²) in [6, 6.07) is 1.83. The molecule has 3 aliphatic rings. The highest BCUT2D eigenvalue weighted by molar-refractivity contribution is 5.31. The third-order valence-electron chi connectivity index (χ3n) is 8.29. The lowest BCUT2D eigenvalue weighted by Gasteiger charge is -2.45. The number of fused-ring (bicyclic) bond motifs is 1. The van der Waals surface area contributed by atoms with Crippen LogP contribution in [0.4, 0.5) is 22.0 Å². The van der Waals surface area contributed by atoms with Crippen LogP contribution in [-0.4, -0.2) is 0 Å². The molecular formula is C25H31F5. The van der Waals surface area contributed by atoms with Gasteiger partial charge < -0.3 is 0 Å². The van der Waals surface area contributed by atoms with Crippen LogP contribution in [0.1, 0.15) is 81.3 Å². The monoisotopic (exact) mass is 426 g/mol. The Morgan fingerprint density at radius 3 is 1.80 bits per heavy atom. The van der Waals surface area contributed by atoms with Gasteiger partial charge in [0.15, 0.2) is 0 Å². The maximum Gasteiger partial charge on any atom is 0.422 e. The lowest BCUT2D eigenvalue weighted by molar-refractivity contribution is -0.142. The maximum absolute atomic E-state index is 14.0. The van der Waals surface area contributed by atoms with Gasteiger partial charge in [0.25, 0.3) is 0 Å². The minimum Gasteiger partial charge on any atom is -0.206 e. The Bertz CT molecular complexity index is 736. The number of allylic oxidation sites excluding steroid dienone is 1. The fraction of sp³-hybridized carbons (Fsp3) is 0.680. The highest BCUT2D eigenvalue weighted by Gasteiger charge is 2.41. The van der Waals surface area contributed by atoms with Crippen LogP contribution in [0.3, 0.4) is 0 Å². The summed E-state index contributed by atoms with van der Waals surface area (Å²) in [4.78, 5) is 0. The summed E-state index contributed by atoms with van der Waals surface area (Å²) >= 11 is 0. The Balaban J connectivity index is 1.38. The van der Waals surface area contributed by atoms with Gasteiger partial charge in [-0.3, -0.25) is 0 Å². The first kappa shape index (κ1) is 21.8. The fourth-order valence-electron chi connectivity index (χ4n) is 6.61. The van der Waals surface area contributed by atoms with Crippen LogP contribution in [0.25, 0.3) is 0 Å². The zero-order valence-corrected chi connectivity index (χ0v) is 17.4. The van der Waals surface area contributed by atoms with Gasteiger partial charge in [0, 0.05) is 0 Å². The summed E-state index contributed by atoms with van der Waals surface area (Å²) in [6.07, 6.45) is 8.45. The van der Waals surface area contributed by atoms with E-state index in [0.717, 1.165) is 49.7 Å². The SMILES string of the molecule is C=CC1CCC(C2CCC3CC(c4cc(F)c(C(F)(F)F)c(F)c4)CCC3C2)CC1. The van der Waals surface area contributed by atoms with Crippen molar-refractivity contribution < 1.29 is 22.0 Å². The topological polar surface area (TPSA) is 0 Å². The van der Waals surface area contributed by atoms with E-state index in [1.165, 1.54) is 38.5 Å². The van der Waals surface area contributed by atoms with Gasteiger partial charge in [0.2, 0.25) is 0 Å². The van der Waals surface area contributed by atoms with Crippen molar-refractivity contribution in [2.45, 2.75) is 76.3 Å². The van der Waals surface area contributed by atoms with Gasteiger partial charge in [-0.05, 0) is 117 Å². The molecule has 0 nitrogen and oxygen atoms in total. The predicted octanol–water partition coefficient (Wildman–Crippen LogP) is 8.28. The summed E-state index contributed by atoms with van der Waals surface area (Å²) in [7, 11) is 0. The Morgan fingerprint density at radius 2 is 1.23 bits per heavy atom. The van der Waals surface area contributed by atoms with E-state index in [4.69, 9.17) is 0 Å². The first-order chi connectivity index (χ1) is 14.3. The molecule has 3 aliphatic carbocycles. The molecule has 0 saturated heterocycles. The first-order valence-corrected chi connectivity index (χ1v) is 11.4. The quantitative estimate of drug-likeness (QED) is 0.337. The Morgan fingerprint density at radius 1 is 0.733 bits per heavy atom. The molecule has 3 saturated carbocycles. The number of halogens is 5. The average Bonchev–Trinajstić information content (AvgIpc) is 2.71. The van der Waals surface area contributed by atoms with E-state index in [9.17, 15) is 22.0 Å². The molecule has 0 spiro atoms. The highest BCUT2D eigenvalue weighted by Crippen LogP contribution is 2.51. The Kier molecular flexibility index (Phi) is 6.28. The summed E-state index contributed by atoms with van der Waals surface area (Å²) in [5, 5.41) is 0. The molecule has 3 fully saturated rings. The molecule has 0 radical (unpaired) electrons. The standard InChI is InChI=1S/C25H31F5/c1-2-15-3-5-16(6-4-15)17-7-8-19-12-20(10-9-18(19)11-17)21-13-22(26)24(23(27)14-21)25(28,29)30/h2,13-20H,1,3-12H2. The molecular weight excluding hydrogens is 395 g/mol. The van der Waals surface area contributed by atoms with Gasteiger partial charge in [-0.25, -0.2) is 8.78 Å². The minimum atomic E-state index is -5.01. The molecule has 4 unspecified atom stereocenters. The van der Waals surface area contributed by atoms with E-state index in [0.29, 0.717) is 23.3 Å². The minimum absolute atomic E-state index is 0.0443. The van der Waals surface area contributed by atoms with Crippen molar-refractivity contribution in [3.05, 3.63) is 47.5 Å². The molecule has 0 amide bonds. The second kappa shape index (κ2) is 8.63. The number of benzene rings is 1. The van der Waals surface area contributed by atoms with Gasteiger partial charge in [-0.15, -0.1) is 6.58 Å². The van der Waals surface area contributed by atoms with Crippen molar-refractivity contribution in [1.29, 1.82) is 0 Å². The summed E-state index contributed by atoms with van der Waals surface area (Å²) in [5.41, 5.74) is -1.38. The van der Waals surface area contributed by atoms with E-state index < -0.39 is 23.4 Å². The van der Waals surface area contributed by atoms with E-state index in [2.05, 4.69) is 12.7 Å². The summed E-state index contributed by atoms with van der Waals surface area (Å²) < 4.78 is 66.6. The molecule has 30 heavy (non-hydrogen) atoms. The van der Waals surface area contributed by atoms with Crippen LogP contribution in [0.5, 0.6) is 0 Å². The highest BCUT2D eigenvalue weighted by atomic mass is 19.4. The predicted molar refractivity (Wildman–Crippen MR) is 108 cm³/mol. The lowest BCUT2D eigenvalue weighted by Crippen LogP contribution is -2.34. The van der Waals surface area contributed by atoms with Crippen LogP contribution < -0.4 is 0 Å². The number of alkyl halides is 3. The summed E-state index contributed by atoms with van der Waals surface area (Å²) in [6.45, 7) is 3.93. The second-order valence-electron chi connectivity index (χ2n) is 9.87. The fourth-order valence-corrected chi connectivity index (χ4v) is 6.61. The number of rotatable bonds is 3. The van der Waals surface area contributed by atoms with Crippen molar-refractivity contribution in [2.75, 3.05) is 0 Å². The molecule has 1 aromatic rings. The van der Waals surface area contributed by atoms with Gasteiger partial charge in [-0.2, -0.15) is 13.2 Å². The van der Waals surface area contributed by atoms with Gasteiger partial charge in [-0.1, -0.05) is 6.08 Å². The molecule has 0 bridgehead atoms. The lowest BCUT2D eigenvalue weighted by atomic mass is 9.60. The molecule has 4 atom stereocenters. The average molecular weight is 427 g/mol. The first-order valence-electron chi connectivity index (χ1n) is 11.4. The molecule has 5 heteroatoms.